The van der Waals surface area contributed by atoms with Gasteiger partial charge in [0.1, 0.15) is 0 Å². The summed E-state index contributed by atoms with van der Waals surface area (Å²) < 4.78 is 5.22. The Kier molecular flexibility index (Phi) is 6.19. The van der Waals surface area contributed by atoms with E-state index in [2.05, 4.69) is 15.5 Å². The van der Waals surface area contributed by atoms with Crippen LogP contribution in [0.2, 0.25) is 5.02 Å². The minimum Gasteiger partial charge on any atom is -0.356 e. The van der Waals surface area contributed by atoms with Crippen LogP contribution in [0.4, 0.5) is 0 Å². The minimum atomic E-state index is 0.0342. The first-order chi connectivity index (χ1) is 12.2. The zero-order valence-electron chi connectivity index (χ0n) is 13.6. The summed E-state index contributed by atoms with van der Waals surface area (Å²) in [4.78, 5) is 17.2. The molecule has 130 valence electrons. The van der Waals surface area contributed by atoms with Crippen molar-refractivity contribution in [1.29, 1.82) is 0 Å². The molecule has 0 spiro atoms. The maximum Gasteiger partial charge on any atom is 0.226 e. The molecule has 0 unspecified atom stereocenters. The number of rotatable bonds is 8. The fraction of sp³-hybridized carbons (Fsp3) is 0.278. The highest BCUT2D eigenvalue weighted by molar-refractivity contribution is 7.13. The van der Waals surface area contributed by atoms with Crippen molar-refractivity contribution < 1.29 is 9.32 Å². The number of carbonyl (C=O) groups is 1. The fourth-order valence-electron chi connectivity index (χ4n) is 2.35. The number of nitrogens with zero attached hydrogens (tertiary/aromatic N) is 2. The molecule has 0 bridgehead atoms. The zero-order chi connectivity index (χ0) is 17.5. The molecule has 0 saturated heterocycles. The molecule has 7 heteroatoms. The molecule has 1 amide bonds. The van der Waals surface area contributed by atoms with Crippen molar-refractivity contribution >= 4 is 28.8 Å². The summed E-state index contributed by atoms with van der Waals surface area (Å²) in [7, 11) is 0. The van der Waals surface area contributed by atoms with E-state index in [0.717, 1.165) is 21.9 Å². The highest BCUT2D eigenvalue weighted by atomic mass is 35.5. The van der Waals surface area contributed by atoms with Gasteiger partial charge in [-0.1, -0.05) is 35.0 Å². The molecule has 5 nitrogen and oxygen atoms in total. The van der Waals surface area contributed by atoms with Crippen molar-refractivity contribution in [2.24, 2.45) is 0 Å². The van der Waals surface area contributed by atoms with Crippen molar-refractivity contribution in [3.63, 3.8) is 0 Å². The molecule has 2 heterocycles. The lowest BCUT2D eigenvalue weighted by atomic mass is 10.1. The quantitative estimate of drug-likeness (QED) is 0.642. The molecular weight excluding hydrogens is 358 g/mol. The monoisotopic (exact) mass is 375 g/mol. The third-order valence-electron chi connectivity index (χ3n) is 3.65. The Balaban J connectivity index is 1.34. The predicted octanol–water partition coefficient (Wildman–Crippen LogP) is 4.13. The summed E-state index contributed by atoms with van der Waals surface area (Å²) in [5.41, 5.74) is 1.15. The minimum absolute atomic E-state index is 0.0342. The number of amides is 1. The lowest BCUT2D eigenvalue weighted by Crippen LogP contribution is -2.25. The number of halogens is 1. The maximum atomic E-state index is 11.9. The third-order valence-corrected chi connectivity index (χ3v) is 4.77. The van der Waals surface area contributed by atoms with Crippen LogP contribution in [-0.2, 0) is 17.6 Å². The zero-order valence-corrected chi connectivity index (χ0v) is 15.1. The van der Waals surface area contributed by atoms with Gasteiger partial charge in [-0.05, 0) is 42.0 Å². The molecule has 0 saturated carbocycles. The second-order valence-electron chi connectivity index (χ2n) is 5.57. The van der Waals surface area contributed by atoms with E-state index in [0.29, 0.717) is 37.5 Å². The summed E-state index contributed by atoms with van der Waals surface area (Å²) in [6.07, 6.45) is 2.51. The number of aromatic nitrogens is 2. The van der Waals surface area contributed by atoms with Crippen LogP contribution < -0.4 is 5.32 Å². The molecule has 0 radical (unpaired) electrons. The van der Waals surface area contributed by atoms with E-state index < -0.39 is 0 Å². The van der Waals surface area contributed by atoms with Gasteiger partial charge in [-0.25, -0.2) is 0 Å². The van der Waals surface area contributed by atoms with Crippen LogP contribution in [-0.4, -0.2) is 22.6 Å². The first-order valence-electron chi connectivity index (χ1n) is 8.08. The Morgan fingerprint density at radius 2 is 2.04 bits per heavy atom. The SMILES string of the molecule is O=C(CCCc1nc(-c2cccs2)no1)NCCc1ccc(Cl)cc1. The van der Waals surface area contributed by atoms with E-state index in [1.165, 1.54) is 0 Å². The molecule has 0 atom stereocenters. The molecule has 1 N–H and O–H groups in total. The van der Waals surface area contributed by atoms with Crippen molar-refractivity contribution in [3.05, 3.63) is 58.3 Å². The van der Waals surface area contributed by atoms with Crippen LogP contribution in [0.3, 0.4) is 0 Å². The smallest absolute Gasteiger partial charge is 0.226 e. The highest BCUT2D eigenvalue weighted by Gasteiger charge is 2.10. The van der Waals surface area contributed by atoms with E-state index in [4.69, 9.17) is 16.1 Å². The van der Waals surface area contributed by atoms with Crippen molar-refractivity contribution in [3.8, 4) is 10.7 Å². The molecule has 0 fully saturated rings. The standard InChI is InChI=1S/C18H18ClN3O2S/c19-14-8-6-13(7-9-14)10-11-20-16(23)4-1-5-17-21-18(22-24-17)15-3-2-12-25-15/h2-3,6-9,12H,1,4-5,10-11H2,(H,20,23). The summed E-state index contributed by atoms with van der Waals surface area (Å²) >= 11 is 7.42. The van der Waals surface area contributed by atoms with E-state index in [1.807, 2.05) is 41.8 Å². The summed E-state index contributed by atoms with van der Waals surface area (Å²) in [6, 6.07) is 11.5. The van der Waals surface area contributed by atoms with Gasteiger partial charge < -0.3 is 9.84 Å². The molecule has 0 aliphatic carbocycles. The van der Waals surface area contributed by atoms with E-state index >= 15 is 0 Å². The highest BCUT2D eigenvalue weighted by Crippen LogP contribution is 2.21. The largest absolute Gasteiger partial charge is 0.356 e. The topological polar surface area (TPSA) is 68.0 Å². The number of hydrogen-bond acceptors (Lipinski definition) is 5. The van der Waals surface area contributed by atoms with E-state index in [-0.39, 0.29) is 5.91 Å². The maximum absolute atomic E-state index is 11.9. The van der Waals surface area contributed by atoms with Gasteiger partial charge in [-0.2, -0.15) is 4.98 Å². The molecular formula is C18H18ClN3O2S. The second-order valence-corrected chi connectivity index (χ2v) is 6.95. The van der Waals surface area contributed by atoms with Gasteiger partial charge in [0.2, 0.25) is 17.6 Å². The summed E-state index contributed by atoms with van der Waals surface area (Å²) in [5.74, 6) is 1.21. The van der Waals surface area contributed by atoms with Gasteiger partial charge in [0.25, 0.3) is 0 Å². The molecule has 25 heavy (non-hydrogen) atoms. The number of aryl methyl sites for hydroxylation is 1. The Morgan fingerprint density at radius 3 is 2.80 bits per heavy atom. The van der Waals surface area contributed by atoms with Gasteiger partial charge in [0.15, 0.2) is 0 Å². The Bertz CT molecular complexity index is 800. The normalized spacial score (nSPS) is 10.8. The van der Waals surface area contributed by atoms with Crippen molar-refractivity contribution in [2.45, 2.75) is 25.7 Å². The molecule has 0 aliphatic heterocycles. The Labute approximate surface area is 155 Å². The van der Waals surface area contributed by atoms with Crippen LogP contribution in [0.15, 0.2) is 46.3 Å². The number of carbonyl (C=O) groups excluding carboxylic acids is 1. The fourth-order valence-corrected chi connectivity index (χ4v) is 3.12. The number of nitrogens with one attached hydrogen (secondary N) is 1. The second kappa shape index (κ2) is 8.78. The first-order valence-corrected chi connectivity index (χ1v) is 9.34. The van der Waals surface area contributed by atoms with Crippen LogP contribution in [0, 0.1) is 0 Å². The van der Waals surface area contributed by atoms with Crippen molar-refractivity contribution in [1.82, 2.24) is 15.5 Å². The molecule has 0 aliphatic rings. The van der Waals surface area contributed by atoms with Crippen LogP contribution in [0.1, 0.15) is 24.3 Å². The average Bonchev–Trinajstić information content (AvgIpc) is 3.28. The van der Waals surface area contributed by atoms with E-state index in [1.54, 1.807) is 11.3 Å². The lowest BCUT2D eigenvalue weighted by molar-refractivity contribution is -0.121. The summed E-state index contributed by atoms with van der Waals surface area (Å²) in [6.45, 7) is 0.615. The van der Waals surface area contributed by atoms with Crippen LogP contribution >= 0.6 is 22.9 Å². The number of thiophene rings is 1. The van der Waals surface area contributed by atoms with Gasteiger partial charge in [-0.3, -0.25) is 4.79 Å². The van der Waals surface area contributed by atoms with Crippen LogP contribution in [0.5, 0.6) is 0 Å². The molecule has 2 aromatic heterocycles. The number of hydrogen-bond donors (Lipinski definition) is 1. The average molecular weight is 376 g/mol. The summed E-state index contributed by atoms with van der Waals surface area (Å²) in [5, 5.41) is 9.57. The Morgan fingerprint density at radius 1 is 1.20 bits per heavy atom. The lowest BCUT2D eigenvalue weighted by Gasteiger charge is -2.05. The molecule has 1 aromatic carbocycles. The molecule has 3 rings (SSSR count). The van der Waals surface area contributed by atoms with Gasteiger partial charge in [-0.15, -0.1) is 11.3 Å². The molecule has 3 aromatic rings. The number of benzene rings is 1. The van der Waals surface area contributed by atoms with E-state index in [9.17, 15) is 4.79 Å². The van der Waals surface area contributed by atoms with Gasteiger partial charge >= 0.3 is 0 Å². The van der Waals surface area contributed by atoms with Crippen LogP contribution in [0.25, 0.3) is 10.7 Å². The Hall–Kier alpha value is -2.18. The van der Waals surface area contributed by atoms with Crippen molar-refractivity contribution in [2.75, 3.05) is 6.54 Å². The van der Waals surface area contributed by atoms with Gasteiger partial charge in [0.05, 0.1) is 4.88 Å². The predicted molar refractivity (Wildman–Crippen MR) is 98.7 cm³/mol. The third kappa shape index (κ3) is 5.41. The first kappa shape index (κ1) is 17.6. The van der Waals surface area contributed by atoms with Gasteiger partial charge in [0, 0.05) is 24.4 Å².